The normalized spacial score (nSPS) is 26.4. The SMILES string of the molecule is Nc1ncc(C(F)(F)F)c(N[C@@H]2CCC[C@H]2N2CCOCC2)n1. The number of nitrogen functional groups attached to an aromatic ring is 1. The summed E-state index contributed by atoms with van der Waals surface area (Å²) in [6.07, 6.45) is -1.03. The molecular weight excluding hydrogens is 311 g/mol. The molecule has 0 amide bonds. The second-order valence-corrected chi connectivity index (χ2v) is 5.89. The van der Waals surface area contributed by atoms with E-state index in [0.717, 1.165) is 38.5 Å². The van der Waals surface area contributed by atoms with Gasteiger partial charge in [0.05, 0.1) is 13.2 Å². The minimum atomic E-state index is -4.51. The maximum Gasteiger partial charge on any atom is 0.421 e. The van der Waals surface area contributed by atoms with Crippen LogP contribution in [-0.2, 0) is 10.9 Å². The summed E-state index contributed by atoms with van der Waals surface area (Å²) >= 11 is 0. The van der Waals surface area contributed by atoms with Gasteiger partial charge in [-0.2, -0.15) is 18.2 Å². The Labute approximate surface area is 132 Å². The highest BCUT2D eigenvalue weighted by Gasteiger charge is 2.38. The lowest BCUT2D eigenvalue weighted by molar-refractivity contribution is -0.137. The van der Waals surface area contributed by atoms with Gasteiger partial charge in [-0.3, -0.25) is 4.90 Å². The van der Waals surface area contributed by atoms with Gasteiger partial charge < -0.3 is 15.8 Å². The third-order valence-electron chi connectivity index (χ3n) is 4.43. The second kappa shape index (κ2) is 6.48. The van der Waals surface area contributed by atoms with Crippen LogP contribution in [0.3, 0.4) is 0 Å². The van der Waals surface area contributed by atoms with E-state index in [1.807, 2.05) is 0 Å². The number of ether oxygens (including phenoxy) is 1. The molecule has 2 aliphatic rings. The zero-order chi connectivity index (χ0) is 16.4. The van der Waals surface area contributed by atoms with Crippen molar-refractivity contribution in [2.75, 3.05) is 37.4 Å². The van der Waals surface area contributed by atoms with Gasteiger partial charge in [0.15, 0.2) is 0 Å². The predicted molar refractivity (Wildman–Crippen MR) is 78.9 cm³/mol. The summed E-state index contributed by atoms with van der Waals surface area (Å²) in [7, 11) is 0. The molecule has 3 N–H and O–H groups in total. The van der Waals surface area contributed by atoms with Gasteiger partial charge in [0.1, 0.15) is 11.4 Å². The first-order chi connectivity index (χ1) is 10.9. The summed E-state index contributed by atoms with van der Waals surface area (Å²) in [4.78, 5) is 9.53. The lowest BCUT2D eigenvalue weighted by atomic mass is 10.1. The average molecular weight is 331 g/mol. The third kappa shape index (κ3) is 3.66. The summed E-state index contributed by atoms with van der Waals surface area (Å²) in [6.45, 7) is 2.94. The van der Waals surface area contributed by atoms with Gasteiger partial charge in [-0.05, 0) is 19.3 Å². The maximum absolute atomic E-state index is 13.1. The molecule has 2 atom stereocenters. The van der Waals surface area contributed by atoms with Crippen molar-refractivity contribution in [3.8, 4) is 0 Å². The van der Waals surface area contributed by atoms with Gasteiger partial charge in [0, 0.05) is 31.4 Å². The lowest BCUT2D eigenvalue weighted by Crippen LogP contribution is -2.49. The van der Waals surface area contributed by atoms with Crippen molar-refractivity contribution in [2.45, 2.75) is 37.5 Å². The number of anilines is 2. The van der Waals surface area contributed by atoms with Crippen molar-refractivity contribution < 1.29 is 17.9 Å². The molecule has 0 radical (unpaired) electrons. The highest BCUT2D eigenvalue weighted by atomic mass is 19.4. The van der Waals surface area contributed by atoms with E-state index in [2.05, 4.69) is 20.2 Å². The monoisotopic (exact) mass is 331 g/mol. The van der Waals surface area contributed by atoms with Gasteiger partial charge in [-0.1, -0.05) is 0 Å². The van der Waals surface area contributed by atoms with Crippen molar-refractivity contribution >= 4 is 11.8 Å². The molecule has 0 bridgehead atoms. The Kier molecular flexibility index (Phi) is 4.58. The number of aromatic nitrogens is 2. The minimum absolute atomic E-state index is 0.0801. The zero-order valence-corrected chi connectivity index (χ0v) is 12.6. The number of rotatable bonds is 3. The van der Waals surface area contributed by atoms with Crippen LogP contribution in [0, 0.1) is 0 Å². The molecule has 1 aromatic rings. The molecule has 1 saturated carbocycles. The molecular formula is C14H20F3N5O. The molecule has 2 fully saturated rings. The van der Waals surface area contributed by atoms with E-state index in [4.69, 9.17) is 10.5 Å². The molecule has 1 saturated heterocycles. The molecule has 9 heteroatoms. The van der Waals surface area contributed by atoms with Crippen molar-refractivity contribution in [3.05, 3.63) is 11.8 Å². The van der Waals surface area contributed by atoms with Crippen LogP contribution >= 0.6 is 0 Å². The molecule has 128 valence electrons. The zero-order valence-electron chi connectivity index (χ0n) is 12.6. The Balaban J connectivity index is 1.79. The van der Waals surface area contributed by atoms with Crippen molar-refractivity contribution in [3.63, 3.8) is 0 Å². The highest BCUT2D eigenvalue weighted by Crippen LogP contribution is 2.35. The topological polar surface area (TPSA) is 76.3 Å². The van der Waals surface area contributed by atoms with Crippen LogP contribution in [0.15, 0.2) is 6.20 Å². The van der Waals surface area contributed by atoms with Crippen LogP contribution in [0.1, 0.15) is 24.8 Å². The first-order valence-electron chi connectivity index (χ1n) is 7.73. The Morgan fingerprint density at radius 2 is 2.00 bits per heavy atom. The smallest absolute Gasteiger partial charge is 0.379 e. The second-order valence-electron chi connectivity index (χ2n) is 5.89. The number of hydrogen-bond donors (Lipinski definition) is 2. The average Bonchev–Trinajstić information content (AvgIpc) is 2.95. The summed E-state index contributed by atoms with van der Waals surface area (Å²) in [5.41, 5.74) is 4.59. The van der Waals surface area contributed by atoms with Crippen LogP contribution < -0.4 is 11.1 Å². The summed E-state index contributed by atoms with van der Waals surface area (Å²) in [5.74, 6) is -0.392. The van der Waals surface area contributed by atoms with E-state index in [1.165, 1.54) is 0 Å². The van der Waals surface area contributed by atoms with Crippen LogP contribution in [0.2, 0.25) is 0 Å². The van der Waals surface area contributed by atoms with Crippen molar-refractivity contribution in [1.29, 1.82) is 0 Å². The number of alkyl halides is 3. The largest absolute Gasteiger partial charge is 0.421 e. The lowest BCUT2D eigenvalue weighted by Gasteiger charge is -2.36. The number of halogens is 3. The Morgan fingerprint density at radius 3 is 2.70 bits per heavy atom. The third-order valence-corrected chi connectivity index (χ3v) is 4.43. The van der Waals surface area contributed by atoms with Crippen molar-refractivity contribution in [2.24, 2.45) is 0 Å². The molecule has 0 aromatic carbocycles. The number of hydrogen-bond acceptors (Lipinski definition) is 6. The van der Waals surface area contributed by atoms with E-state index < -0.39 is 11.7 Å². The molecule has 6 nitrogen and oxygen atoms in total. The maximum atomic E-state index is 13.1. The van der Waals surface area contributed by atoms with E-state index in [1.54, 1.807) is 0 Å². The fourth-order valence-electron chi connectivity index (χ4n) is 3.34. The van der Waals surface area contributed by atoms with E-state index in [0.29, 0.717) is 13.2 Å². The van der Waals surface area contributed by atoms with Crippen LogP contribution in [-0.4, -0.2) is 53.3 Å². The molecule has 3 rings (SSSR count). The summed E-state index contributed by atoms with van der Waals surface area (Å²) < 4.78 is 44.7. The van der Waals surface area contributed by atoms with Gasteiger partial charge >= 0.3 is 6.18 Å². The molecule has 23 heavy (non-hydrogen) atoms. The quantitative estimate of drug-likeness (QED) is 0.879. The minimum Gasteiger partial charge on any atom is -0.379 e. The van der Waals surface area contributed by atoms with Crippen LogP contribution in [0.25, 0.3) is 0 Å². The Morgan fingerprint density at radius 1 is 1.26 bits per heavy atom. The summed E-state index contributed by atoms with van der Waals surface area (Å²) in [6, 6.07) is 0.111. The first-order valence-corrected chi connectivity index (χ1v) is 7.73. The Hall–Kier alpha value is -1.61. The fraction of sp³-hybridized carbons (Fsp3) is 0.714. The number of nitrogens with zero attached hydrogens (tertiary/aromatic N) is 3. The standard InChI is InChI=1S/C14H20F3N5O/c15-14(16,17)9-8-19-13(18)21-12(9)20-10-2-1-3-11(10)22-4-6-23-7-5-22/h8,10-11H,1-7H2,(H3,18,19,20,21)/t10-,11-/m1/s1. The van der Waals surface area contributed by atoms with Gasteiger partial charge in [-0.15, -0.1) is 0 Å². The summed E-state index contributed by atoms with van der Waals surface area (Å²) in [5, 5.41) is 2.97. The molecule has 0 spiro atoms. The van der Waals surface area contributed by atoms with E-state index in [-0.39, 0.29) is 23.8 Å². The van der Waals surface area contributed by atoms with Crippen LogP contribution in [0.4, 0.5) is 24.9 Å². The highest BCUT2D eigenvalue weighted by molar-refractivity contribution is 5.48. The molecule has 1 aliphatic heterocycles. The van der Waals surface area contributed by atoms with Gasteiger partial charge in [0.25, 0.3) is 0 Å². The van der Waals surface area contributed by atoms with Gasteiger partial charge in [-0.25, -0.2) is 4.98 Å². The van der Waals surface area contributed by atoms with E-state index in [9.17, 15) is 13.2 Å². The fourth-order valence-corrected chi connectivity index (χ4v) is 3.34. The van der Waals surface area contributed by atoms with Crippen molar-refractivity contribution in [1.82, 2.24) is 14.9 Å². The number of nitrogens with two attached hydrogens (primary N) is 1. The molecule has 1 aliphatic carbocycles. The number of nitrogens with one attached hydrogen (secondary N) is 1. The molecule has 2 heterocycles. The van der Waals surface area contributed by atoms with Gasteiger partial charge in [0.2, 0.25) is 5.95 Å². The predicted octanol–water partition coefficient (Wildman–Crippen LogP) is 1.74. The number of morpholine rings is 1. The molecule has 1 aromatic heterocycles. The Bertz CT molecular complexity index is 548. The molecule has 0 unspecified atom stereocenters. The van der Waals surface area contributed by atoms with E-state index >= 15 is 0 Å². The van der Waals surface area contributed by atoms with Crippen LogP contribution in [0.5, 0.6) is 0 Å². The first kappa shape index (κ1) is 16.3.